The molecule has 0 radical (unpaired) electrons. The van der Waals surface area contributed by atoms with E-state index >= 15 is 0 Å². The average molecular weight is 357 g/mol. The first-order valence-corrected chi connectivity index (χ1v) is 6.96. The first kappa shape index (κ1) is 16.2. The monoisotopic (exact) mass is 355 g/mol. The predicted octanol–water partition coefficient (Wildman–Crippen LogP) is 3.45. The molecule has 7 heteroatoms. The van der Waals surface area contributed by atoms with Crippen LogP contribution in [0.5, 0.6) is 5.75 Å². The van der Waals surface area contributed by atoms with E-state index in [1.165, 1.54) is 25.3 Å². The number of nitrogens with zero attached hydrogens (tertiary/aromatic N) is 1. The molecule has 1 rings (SSSR count). The highest BCUT2D eigenvalue weighted by atomic mass is 79.9. The fourth-order valence-corrected chi connectivity index (χ4v) is 2.15. The second-order valence-corrected chi connectivity index (χ2v) is 4.91. The highest BCUT2D eigenvalue weighted by Crippen LogP contribution is 2.24. The van der Waals surface area contributed by atoms with Crippen LogP contribution in [0.15, 0.2) is 18.2 Å². The maximum Gasteiger partial charge on any atom is 0.257 e. The van der Waals surface area contributed by atoms with Gasteiger partial charge >= 0.3 is 0 Å². The lowest BCUT2D eigenvalue weighted by Gasteiger charge is -2.22. The Balaban J connectivity index is 3.01. The molecule has 0 heterocycles. The van der Waals surface area contributed by atoms with Crippen LogP contribution in [-0.4, -0.2) is 42.8 Å². The van der Waals surface area contributed by atoms with Crippen molar-refractivity contribution >= 4 is 33.4 Å². The molecule has 0 aromatic heterocycles. The topological polar surface area (TPSA) is 29.5 Å². The van der Waals surface area contributed by atoms with Crippen molar-refractivity contribution < 1.29 is 18.3 Å². The molecular formula is C12H13BrClF2NO2. The minimum absolute atomic E-state index is 0.189. The Morgan fingerprint density at radius 2 is 2.21 bits per heavy atom. The molecule has 0 bridgehead atoms. The Hall–Kier alpha value is -0.880. The van der Waals surface area contributed by atoms with Gasteiger partial charge in [-0.1, -0.05) is 27.5 Å². The summed E-state index contributed by atoms with van der Waals surface area (Å²) in [5.74, 6) is -0.236. The van der Waals surface area contributed by atoms with E-state index in [0.29, 0.717) is 10.4 Å². The molecule has 3 nitrogen and oxygen atoms in total. The quantitative estimate of drug-likeness (QED) is 0.731. The van der Waals surface area contributed by atoms with Crippen molar-refractivity contribution in [3.05, 3.63) is 28.8 Å². The Labute approximate surface area is 123 Å². The van der Waals surface area contributed by atoms with E-state index in [-0.39, 0.29) is 17.9 Å². The molecule has 0 spiro atoms. The zero-order valence-corrected chi connectivity index (χ0v) is 12.5. The molecule has 0 aliphatic carbocycles. The van der Waals surface area contributed by atoms with E-state index < -0.39 is 18.9 Å². The molecule has 0 aliphatic heterocycles. The number of carbonyl (C=O) groups is 1. The predicted molar refractivity (Wildman–Crippen MR) is 73.7 cm³/mol. The van der Waals surface area contributed by atoms with E-state index in [0.717, 1.165) is 4.90 Å². The van der Waals surface area contributed by atoms with E-state index in [4.69, 9.17) is 16.3 Å². The third-order valence-corrected chi connectivity index (χ3v) is 2.98. The molecule has 0 N–H and O–H groups in total. The summed E-state index contributed by atoms with van der Waals surface area (Å²) in [6, 6.07) is 4.46. The summed E-state index contributed by atoms with van der Waals surface area (Å²) in [7, 11) is 1.39. The van der Waals surface area contributed by atoms with Crippen LogP contribution >= 0.6 is 27.5 Å². The van der Waals surface area contributed by atoms with E-state index in [9.17, 15) is 13.6 Å². The van der Waals surface area contributed by atoms with Gasteiger partial charge in [0, 0.05) is 16.9 Å². The number of amides is 1. The molecule has 0 saturated heterocycles. The molecular weight excluding hydrogens is 343 g/mol. The largest absolute Gasteiger partial charge is 0.496 e. The van der Waals surface area contributed by atoms with Crippen molar-refractivity contribution in [2.75, 3.05) is 25.5 Å². The van der Waals surface area contributed by atoms with Gasteiger partial charge in [0.15, 0.2) is 0 Å². The number of hydrogen-bond donors (Lipinski definition) is 0. The Morgan fingerprint density at radius 1 is 1.53 bits per heavy atom. The number of hydrogen-bond acceptors (Lipinski definition) is 2. The normalized spacial score (nSPS) is 10.6. The van der Waals surface area contributed by atoms with Crippen molar-refractivity contribution in [1.82, 2.24) is 4.90 Å². The Morgan fingerprint density at radius 3 is 2.74 bits per heavy atom. The summed E-state index contributed by atoms with van der Waals surface area (Å²) in [6.45, 7) is -0.425. The summed E-state index contributed by atoms with van der Waals surface area (Å²) in [4.78, 5) is 13.3. The third kappa shape index (κ3) is 4.62. The summed E-state index contributed by atoms with van der Waals surface area (Å²) < 4.78 is 30.0. The van der Waals surface area contributed by atoms with Crippen LogP contribution in [-0.2, 0) is 0 Å². The molecule has 0 fully saturated rings. The number of methoxy groups -OCH3 is 1. The van der Waals surface area contributed by atoms with E-state index in [2.05, 4.69) is 15.9 Å². The van der Waals surface area contributed by atoms with Crippen LogP contribution in [0.1, 0.15) is 10.4 Å². The van der Waals surface area contributed by atoms with Crippen LogP contribution in [0.3, 0.4) is 0 Å². The number of benzene rings is 1. The lowest BCUT2D eigenvalue weighted by molar-refractivity contribution is 0.0569. The van der Waals surface area contributed by atoms with Crippen LogP contribution in [0.2, 0.25) is 5.02 Å². The van der Waals surface area contributed by atoms with Crippen molar-refractivity contribution in [2.45, 2.75) is 6.43 Å². The summed E-state index contributed by atoms with van der Waals surface area (Å²) in [5, 5.41) is 0.829. The van der Waals surface area contributed by atoms with Crippen molar-refractivity contribution in [3.63, 3.8) is 0 Å². The average Bonchev–Trinajstić information content (AvgIpc) is 2.36. The van der Waals surface area contributed by atoms with Gasteiger partial charge in [0.2, 0.25) is 0 Å². The first-order valence-electron chi connectivity index (χ1n) is 5.46. The van der Waals surface area contributed by atoms with Gasteiger partial charge in [0.05, 0.1) is 19.2 Å². The number of carbonyl (C=O) groups excluding carboxylic acids is 1. The summed E-state index contributed by atoms with van der Waals surface area (Å²) >= 11 is 8.93. The zero-order chi connectivity index (χ0) is 14.4. The maximum atomic E-state index is 12.5. The third-order valence-electron chi connectivity index (χ3n) is 2.39. The Bertz CT molecular complexity index is 446. The molecule has 0 aliphatic rings. The van der Waals surface area contributed by atoms with Gasteiger partial charge in [-0.2, -0.15) is 0 Å². The van der Waals surface area contributed by atoms with E-state index in [1.54, 1.807) is 0 Å². The van der Waals surface area contributed by atoms with Crippen molar-refractivity contribution in [2.24, 2.45) is 0 Å². The van der Waals surface area contributed by atoms with Gasteiger partial charge in [0.1, 0.15) is 5.75 Å². The molecule has 0 atom stereocenters. The van der Waals surface area contributed by atoms with Gasteiger partial charge < -0.3 is 9.64 Å². The highest BCUT2D eigenvalue weighted by Gasteiger charge is 2.22. The minimum atomic E-state index is -2.58. The smallest absolute Gasteiger partial charge is 0.257 e. The second kappa shape index (κ2) is 7.65. The lowest BCUT2D eigenvalue weighted by atomic mass is 10.1. The van der Waals surface area contributed by atoms with Gasteiger partial charge in [-0.25, -0.2) is 8.78 Å². The van der Waals surface area contributed by atoms with Gasteiger partial charge in [-0.3, -0.25) is 4.79 Å². The molecule has 19 heavy (non-hydrogen) atoms. The molecule has 106 valence electrons. The van der Waals surface area contributed by atoms with Gasteiger partial charge in [0.25, 0.3) is 12.3 Å². The van der Waals surface area contributed by atoms with Crippen LogP contribution < -0.4 is 4.74 Å². The Kier molecular flexibility index (Phi) is 6.51. The number of rotatable bonds is 6. The lowest BCUT2D eigenvalue weighted by Crippen LogP contribution is -2.36. The first-order chi connectivity index (χ1) is 8.99. The molecule has 1 amide bonds. The number of halogens is 4. The highest BCUT2D eigenvalue weighted by molar-refractivity contribution is 9.09. The fraction of sp³-hybridized carbons (Fsp3) is 0.417. The number of ether oxygens (including phenoxy) is 1. The minimum Gasteiger partial charge on any atom is -0.496 e. The van der Waals surface area contributed by atoms with E-state index in [1.807, 2.05) is 0 Å². The van der Waals surface area contributed by atoms with Crippen molar-refractivity contribution in [1.29, 1.82) is 0 Å². The molecule has 0 unspecified atom stereocenters. The fourth-order valence-electron chi connectivity index (χ4n) is 1.56. The molecule has 1 aromatic rings. The van der Waals surface area contributed by atoms with Crippen molar-refractivity contribution in [3.8, 4) is 5.75 Å². The molecule has 0 saturated carbocycles. The van der Waals surface area contributed by atoms with Gasteiger partial charge in [-0.15, -0.1) is 0 Å². The van der Waals surface area contributed by atoms with Crippen LogP contribution in [0.25, 0.3) is 0 Å². The van der Waals surface area contributed by atoms with Crippen LogP contribution in [0, 0.1) is 0 Å². The second-order valence-electron chi connectivity index (χ2n) is 3.68. The van der Waals surface area contributed by atoms with Gasteiger partial charge in [-0.05, 0) is 18.2 Å². The number of alkyl halides is 3. The SMILES string of the molecule is COc1cc(Cl)ccc1C(=O)N(CCBr)CC(F)F. The van der Waals surface area contributed by atoms with Crippen LogP contribution in [0.4, 0.5) is 8.78 Å². The summed E-state index contributed by atoms with van der Waals surface area (Å²) in [5.41, 5.74) is 0.216. The zero-order valence-electron chi connectivity index (χ0n) is 10.2. The summed E-state index contributed by atoms with van der Waals surface area (Å²) in [6.07, 6.45) is -2.58. The maximum absolute atomic E-state index is 12.5. The standard InChI is InChI=1S/C12H13BrClF2NO2/c1-19-10-6-8(14)2-3-9(10)12(18)17(5-4-13)7-11(15)16/h2-3,6,11H,4-5,7H2,1H3. The molecule has 1 aromatic carbocycles.